The number of nitrogens with one attached hydrogen (secondary N) is 6. The number of hydrogen-bond donors (Lipinski definition) is 13. The predicted molar refractivity (Wildman–Crippen MR) is 246 cm³/mol. The Bertz CT molecular complexity index is 1980. The molecule has 385 valence electrons. The van der Waals surface area contributed by atoms with Crippen molar-refractivity contribution in [1.82, 2.24) is 46.6 Å². The van der Waals surface area contributed by atoms with Gasteiger partial charge >= 0.3 is 29.8 Å². The van der Waals surface area contributed by atoms with Gasteiger partial charge in [0.15, 0.2) is 5.96 Å². The van der Waals surface area contributed by atoms with Gasteiger partial charge in [-0.15, -0.1) is 0 Å². The van der Waals surface area contributed by atoms with Gasteiger partial charge < -0.3 is 68.9 Å². The Hall–Kier alpha value is -6.59. The Kier molecular flexibility index (Phi) is 29.0. The summed E-state index contributed by atoms with van der Waals surface area (Å²) in [6.45, 7) is -4.02. The molecule has 1 saturated heterocycles. The zero-order valence-corrected chi connectivity index (χ0v) is 41.7. The van der Waals surface area contributed by atoms with Gasteiger partial charge in [-0.2, -0.15) is 0 Å². The number of benzene rings is 1. The average molecular weight is 1090 g/mol. The van der Waals surface area contributed by atoms with Gasteiger partial charge in [-0.1, -0.05) is 30.3 Å². The molecule has 1 aromatic rings. The standard InChI is InChI=1S/C41H62N12O16.In/c42-41(43)45-12-6-10-26-37(66)46-19-30(54)47-29(18-32(56)57)40(69)50-28(17-25-7-2-1-3-8-25)39(68)49-27(38(67)48-26)9-4-5-11-44-31(55)20-52(22-34(60)61)15-13-51(21-33(58)59)14-16-53(23-35(62)63)24-36(64)65;/h1-3,7-8,26-29H,4-6,9-24H2,(H,44,55)(H,46,66)(H,47,54)(H,48,67)(H,49,68)(H,50,69)(H,56,57)(H,58,59)(H,60,61)(H,62,63)(H,64,65)(H4,42,43,45);/t26-,27-,28+,29-;/m0./s1/i;1-4. The van der Waals surface area contributed by atoms with E-state index in [1.165, 1.54) is 9.80 Å². The van der Waals surface area contributed by atoms with E-state index >= 15 is 0 Å². The summed E-state index contributed by atoms with van der Waals surface area (Å²) < 4.78 is 0. The van der Waals surface area contributed by atoms with E-state index in [1.54, 1.807) is 30.3 Å². The first-order valence-electron chi connectivity index (χ1n) is 21.7. The molecule has 1 aromatic carbocycles. The minimum absolute atomic E-state index is 0. The first-order valence-corrected chi connectivity index (χ1v) is 21.7. The summed E-state index contributed by atoms with van der Waals surface area (Å²) in [5, 5.41) is 61.6. The maximum atomic E-state index is 14.0. The Morgan fingerprint density at radius 3 is 1.60 bits per heavy atom. The van der Waals surface area contributed by atoms with E-state index in [2.05, 4.69) is 36.9 Å². The molecule has 1 fully saturated rings. The smallest absolute Gasteiger partial charge is 0.317 e. The third-order valence-corrected chi connectivity index (χ3v) is 10.1. The summed E-state index contributed by atoms with van der Waals surface area (Å²) in [6, 6.07) is 2.65. The van der Waals surface area contributed by atoms with Crippen molar-refractivity contribution < 1.29 is 78.3 Å². The number of unbranched alkanes of at least 4 members (excludes halogenated alkanes) is 1. The second-order valence-electron chi connectivity index (χ2n) is 15.9. The summed E-state index contributed by atoms with van der Waals surface area (Å²) in [5.41, 5.74) is 11.4. The molecule has 1 heterocycles. The van der Waals surface area contributed by atoms with E-state index in [0.29, 0.717) is 5.56 Å². The van der Waals surface area contributed by atoms with Crippen molar-refractivity contribution in [1.29, 1.82) is 0 Å². The van der Waals surface area contributed by atoms with E-state index in [0.717, 1.165) is 4.90 Å². The van der Waals surface area contributed by atoms with Gasteiger partial charge in [-0.05, 0) is 37.7 Å². The fraction of sp³-hybridized carbons (Fsp3) is 0.561. The minimum atomic E-state index is -1.67. The number of guanidine groups is 1. The number of carboxylic acid groups (broad SMARTS) is 5. The molecule has 0 aliphatic carbocycles. The zero-order valence-electron chi connectivity index (χ0n) is 38.4. The number of carbonyl (C=O) groups is 11. The summed E-state index contributed by atoms with van der Waals surface area (Å²) in [4.78, 5) is 145. The van der Waals surface area contributed by atoms with Crippen molar-refractivity contribution in [2.75, 3.05) is 78.5 Å². The fourth-order valence-electron chi connectivity index (χ4n) is 6.83. The first kappa shape index (κ1) is 61.4. The van der Waals surface area contributed by atoms with Crippen LogP contribution in [0, 0.1) is 0 Å². The Labute approximate surface area is 420 Å². The van der Waals surface area contributed by atoms with Gasteiger partial charge in [-0.25, -0.2) is 0 Å². The van der Waals surface area contributed by atoms with Crippen LogP contribution >= 0.6 is 0 Å². The summed E-state index contributed by atoms with van der Waals surface area (Å²) in [7, 11) is 0. The van der Waals surface area contributed by atoms with E-state index in [4.69, 9.17) is 21.7 Å². The fourth-order valence-corrected chi connectivity index (χ4v) is 6.83. The number of aliphatic imine (C=N–C) groups is 1. The van der Waals surface area contributed by atoms with Crippen LogP contribution in [0.15, 0.2) is 35.3 Å². The maximum absolute atomic E-state index is 14.0. The van der Waals surface area contributed by atoms with Crippen molar-refractivity contribution in [3.8, 4) is 0 Å². The normalized spacial score (nSPS) is 17.8. The summed E-state index contributed by atoms with van der Waals surface area (Å²) >= 11 is 0. The third kappa shape index (κ3) is 26.8. The third-order valence-electron chi connectivity index (χ3n) is 10.1. The second kappa shape index (κ2) is 33.0. The molecule has 1 aliphatic rings. The van der Waals surface area contributed by atoms with E-state index in [9.17, 15) is 68.1 Å². The average Bonchev–Trinajstić information content (AvgIpc) is 3.25. The second-order valence-corrected chi connectivity index (χ2v) is 15.9. The van der Waals surface area contributed by atoms with Crippen molar-refractivity contribution in [2.24, 2.45) is 16.5 Å². The quantitative estimate of drug-likeness (QED) is 0.0202. The molecule has 2 rings (SSSR count). The molecule has 70 heavy (non-hydrogen) atoms. The van der Waals surface area contributed by atoms with Crippen LogP contribution in [0.5, 0.6) is 0 Å². The van der Waals surface area contributed by atoms with Crippen molar-refractivity contribution >= 4 is 97.1 Å². The van der Waals surface area contributed by atoms with E-state index < -0.39 is 135 Å². The van der Waals surface area contributed by atoms with Crippen LogP contribution < -0.4 is 43.4 Å². The molecule has 0 spiro atoms. The first-order chi connectivity index (χ1) is 32.6. The Morgan fingerprint density at radius 2 is 1.06 bits per heavy atom. The van der Waals surface area contributed by atoms with Crippen LogP contribution in [0.4, 0.5) is 0 Å². The van der Waals surface area contributed by atoms with Crippen LogP contribution in [-0.2, 0) is 59.2 Å². The number of aliphatic carboxylic acids is 5. The number of amides is 6. The number of nitrogens with zero attached hydrogens (tertiary/aromatic N) is 4. The van der Waals surface area contributed by atoms with Crippen LogP contribution in [0.25, 0.3) is 0 Å². The van der Waals surface area contributed by atoms with Crippen LogP contribution in [0.2, 0.25) is 0 Å². The van der Waals surface area contributed by atoms with Crippen molar-refractivity contribution in [3.05, 3.63) is 35.9 Å². The summed E-state index contributed by atoms with van der Waals surface area (Å²) in [5.74, 6) is -12.0. The topological polar surface area (TPSA) is 435 Å². The molecule has 0 unspecified atom stereocenters. The molecule has 0 aromatic heterocycles. The monoisotopic (exact) mass is 1090 g/mol. The maximum Gasteiger partial charge on any atom is 0.317 e. The molecule has 6 amide bonds. The predicted octanol–water partition coefficient (Wildman–Crippen LogP) is -6.02. The molecule has 0 saturated carbocycles. The van der Waals surface area contributed by atoms with Gasteiger partial charge in [0.2, 0.25) is 35.4 Å². The molecule has 15 N–H and O–H groups in total. The molecule has 0 bridgehead atoms. The minimum Gasteiger partial charge on any atom is -0.481 e. The van der Waals surface area contributed by atoms with Crippen LogP contribution in [-0.4, -0.2) is 240 Å². The van der Waals surface area contributed by atoms with Gasteiger partial charge in [-0.3, -0.25) is 72.4 Å². The zero-order chi connectivity index (χ0) is 51.5. The number of hydrogen-bond acceptors (Lipinski definition) is 15. The van der Waals surface area contributed by atoms with Gasteiger partial charge in [0.25, 0.3) is 0 Å². The number of nitrogens with two attached hydrogens (primary N) is 2. The molecule has 1 aliphatic heterocycles. The molecule has 3 radical (unpaired) electrons. The summed E-state index contributed by atoms with van der Waals surface area (Å²) in [6.07, 6.45) is -0.636. The van der Waals surface area contributed by atoms with Crippen LogP contribution in [0.3, 0.4) is 0 Å². The molecule has 29 heteroatoms. The van der Waals surface area contributed by atoms with Gasteiger partial charge in [0, 0.05) is 71.5 Å². The molecular weight excluding hydrogens is 1030 g/mol. The van der Waals surface area contributed by atoms with E-state index in [1.807, 2.05) is 0 Å². The van der Waals surface area contributed by atoms with Gasteiger partial charge in [0.1, 0.15) is 24.2 Å². The van der Waals surface area contributed by atoms with Gasteiger partial charge in [0.05, 0.1) is 45.7 Å². The Balaban J connectivity index is 0.0000245. The molecular formula is C41H62InN12O16. The SMILES string of the molecule is NC(N)=NCCC[C@@H]1NC(=O)[C@H](CCCCNC(=O)CN(CCN(CCN(CC(=O)O)CC(=O)O)CC(=O)O)CC(=O)O)NC(=O)[C@@H](Cc2ccccc2)NC(=O)[C@H](CC(=O)O)NC(=O)CNC1=O.[111In]. The van der Waals surface area contributed by atoms with Crippen molar-refractivity contribution in [2.45, 2.75) is 69.1 Å². The number of carboxylic acids is 5. The van der Waals surface area contributed by atoms with Crippen molar-refractivity contribution in [3.63, 3.8) is 0 Å². The largest absolute Gasteiger partial charge is 0.481 e. The van der Waals surface area contributed by atoms with E-state index in [-0.39, 0.29) is 110 Å². The van der Waals surface area contributed by atoms with Crippen LogP contribution in [0.1, 0.15) is 44.1 Å². The number of rotatable bonds is 29. The molecule has 28 nitrogen and oxygen atoms in total. The molecule has 4 atom stereocenters. The Morgan fingerprint density at radius 1 is 0.586 bits per heavy atom. The number of carbonyl (C=O) groups excluding carboxylic acids is 6.